The van der Waals surface area contributed by atoms with E-state index >= 15 is 0 Å². The molecule has 0 atom stereocenters. The number of benzene rings is 1. The molecule has 0 bridgehead atoms. The Bertz CT molecular complexity index is 855. The molecule has 3 rings (SSSR count). The summed E-state index contributed by atoms with van der Waals surface area (Å²) in [6.07, 6.45) is -4.13. The van der Waals surface area contributed by atoms with E-state index in [2.05, 4.69) is 19.7 Å². The molecule has 1 aliphatic rings. The highest BCUT2D eigenvalue weighted by Crippen LogP contribution is 2.36. The largest absolute Gasteiger partial charge is 0.573 e. The molecule has 1 saturated heterocycles. The highest BCUT2D eigenvalue weighted by atomic mass is 19.4. The molecule has 7 nitrogen and oxygen atoms in total. The Hall–Kier alpha value is -2.62. The second-order valence-electron chi connectivity index (χ2n) is 7.94. The van der Waals surface area contributed by atoms with Gasteiger partial charge in [-0.1, -0.05) is 26.0 Å². The van der Waals surface area contributed by atoms with Crippen LogP contribution in [0.5, 0.6) is 5.75 Å². The van der Waals surface area contributed by atoms with E-state index in [0.717, 1.165) is 0 Å². The molecule has 10 heteroatoms. The molecule has 1 aromatic carbocycles. The molecular formula is C20H26F3N5O2. The van der Waals surface area contributed by atoms with Crippen LogP contribution in [-0.2, 0) is 5.60 Å². The zero-order chi connectivity index (χ0) is 22.1. The van der Waals surface area contributed by atoms with Gasteiger partial charge in [0.1, 0.15) is 11.6 Å². The molecule has 164 valence electrons. The van der Waals surface area contributed by atoms with Crippen molar-refractivity contribution >= 4 is 11.9 Å². The van der Waals surface area contributed by atoms with E-state index in [9.17, 15) is 18.3 Å². The number of ether oxygens (including phenoxy) is 1. The van der Waals surface area contributed by atoms with Crippen LogP contribution in [0.4, 0.5) is 25.1 Å². The molecule has 1 N–H and O–H groups in total. The number of hydrogen-bond donors (Lipinski definition) is 1. The van der Waals surface area contributed by atoms with E-state index in [0.29, 0.717) is 49.2 Å². The number of aliphatic hydroxyl groups is 1. The normalized spacial score (nSPS) is 16.6. The van der Waals surface area contributed by atoms with Crippen LogP contribution in [0.15, 0.2) is 24.3 Å². The van der Waals surface area contributed by atoms with E-state index in [1.165, 1.54) is 18.2 Å². The van der Waals surface area contributed by atoms with E-state index < -0.39 is 12.0 Å². The summed E-state index contributed by atoms with van der Waals surface area (Å²) in [6, 6.07) is 5.53. The van der Waals surface area contributed by atoms with Crippen LogP contribution in [0, 0.1) is 0 Å². The number of anilines is 2. The second-order valence-corrected chi connectivity index (χ2v) is 7.94. The van der Waals surface area contributed by atoms with E-state index in [4.69, 9.17) is 0 Å². The minimum absolute atomic E-state index is 0.128. The van der Waals surface area contributed by atoms with Crippen molar-refractivity contribution in [1.29, 1.82) is 0 Å². The molecule has 2 aromatic rings. The Kier molecular flexibility index (Phi) is 6.07. The summed E-state index contributed by atoms with van der Waals surface area (Å²) in [5, 5.41) is 11.1. The van der Waals surface area contributed by atoms with Crippen molar-refractivity contribution in [2.75, 3.05) is 37.0 Å². The Balaban J connectivity index is 1.78. The van der Waals surface area contributed by atoms with Gasteiger partial charge in [0.25, 0.3) is 0 Å². The molecule has 30 heavy (non-hydrogen) atoms. The molecule has 2 heterocycles. The fourth-order valence-corrected chi connectivity index (χ4v) is 3.32. The van der Waals surface area contributed by atoms with Crippen molar-refractivity contribution in [3.63, 3.8) is 0 Å². The second kappa shape index (κ2) is 8.25. The summed E-state index contributed by atoms with van der Waals surface area (Å²) < 4.78 is 41.5. The predicted octanol–water partition coefficient (Wildman–Crippen LogP) is 3.45. The summed E-state index contributed by atoms with van der Waals surface area (Å²) in [5.74, 6) is 1.56. The SMILES string of the molecule is CC(C)c1nc(N(C)C)nc(N2CCC(O)(c3cccc(OC(F)(F)F)c3)CC2)n1. The van der Waals surface area contributed by atoms with Crippen molar-refractivity contribution in [2.45, 2.75) is 44.6 Å². The van der Waals surface area contributed by atoms with E-state index in [1.807, 2.05) is 37.7 Å². The monoisotopic (exact) mass is 425 g/mol. The van der Waals surface area contributed by atoms with Gasteiger partial charge in [-0.2, -0.15) is 15.0 Å². The smallest absolute Gasteiger partial charge is 0.406 e. The quantitative estimate of drug-likeness (QED) is 0.787. The molecule has 1 aliphatic heterocycles. The van der Waals surface area contributed by atoms with Gasteiger partial charge in [-0.15, -0.1) is 13.2 Å². The lowest BCUT2D eigenvalue weighted by Crippen LogP contribution is -2.43. The number of piperidine rings is 1. The minimum atomic E-state index is -4.78. The first kappa shape index (κ1) is 22.1. The molecular weight excluding hydrogens is 399 g/mol. The van der Waals surface area contributed by atoms with Gasteiger partial charge in [0.15, 0.2) is 0 Å². The van der Waals surface area contributed by atoms with Gasteiger partial charge in [0.05, 0.1) is 5.60 Å². The van der Waals surface area contributed by atoms with Crippen LogP contribution in [0.1, 0.15) is 44.0 Å². The Morgan fingerprint density at radius 1 is 1.13 bits per heavy atom. The van der Waals surface area contributed by atoms with Crippen molar-refractivity contribution < 1.29 is 23.0 Å². The van der Waals surface area contributed by atoms with Gasteiger partial charge in [-0.3, -0.25) is 0 Å². The molecule has 0 saturated carbocycles. The summed E-state index contributed by atoms with van der Waals surface area (Å²) in [5.41, 5.74) is -0.851. The summed E-state index contributed by atoms with van der Waals surface area (Å²) in [7, 11) is 3.71. The number of alkyl halides is 3. The van der Waals surface area contributed by atoms with Gasteiger partial charge in [-0.25, -0.2) is 0 Å². The summed E-state index contributed by atoms with van der Waals surface area (Å²) >= 11 is 0. The number of halogens is 3. The predicted molar refractivity (Wildman–Crippen MR) is 107 cm³/mol. The Labute approximate surface area is 173 Å². The highest BCUT2D eigenvalue weighted by Gasteiger charge is 2.36. The number of hydrogen-bond acceptors (Lipinski definition) is 7. The van der Waals surface area contributed by atoms with Crippen molar-refractivity contribution in [3.8, 4) is 5.75 Å². The summed E-state index contributed by atoms with van der Waals surface area (Å²) in [4.78, 5) is 17.3. The van der Waals surface area contributed by atoms with E-state index in [-0.39, 0.29) is 11.7 Å². The van der Waals surface area contributed by atoms with Crippen LogP contribution in [0.3, 0.4) is 0 Å². The third kappa shape index (κ3) is 5.10. The third-order valence-electron chi connectivity index (χ3n) is 5.02. The highest BCUT2D eigenvalue weighted by molar-refractivity contribution is 5.40. The van der Waals surface area contributed by atoms with Crippen molar-refractivity contribution in [1.82, 2.24) is 15.0 Å². The zero-order valence-corrected chi connectivity index (χ0v) is 17.4. The fraction of sp³-hybridized carbons (Fsp3) is 0.550. The van der Waals surface area contributed by atoms with Crippen LogP contribution < -0.4 is 14.5 Å². The molecule has 1 aromatic heterocycles. The van der Waals surface area contributed by atoms with E-state index in [1.54, 1.807) is 6.07 Å². The number of rotatable bonds is 5. The van der Waals surface area contributed by atoms with Gasteiger partial charge in [0.2, 0.25) is 11.9 Å². The molecule has 0 aliphatic carbocycles. The number of nitrogens with zero attached hydrogens (tertiary/aromatic N) is 5. The first-order chi connectivity index (χ1) is 14.0. The van der Waals surface area contributed by atoms with Gasteiger partial charge in [0, 0.05) is 33.1 Å². The third-order valence-corrected chi connectivity index (χ3v) is 5.02. The Morgan fingerprint density at radius 3 is 2.37 bits per heavy atom. The standard InChI is InChI=1S/C20H26F3N5O2/c1-13(2)16-24-17(27(3)4)26-18(25-16)28-10-8-19(29,9-11-28)14-6-5-7-15(12-14)30-20(21,22)23/h5-7,12-13,29H,8-11H2,1-4H3. The van der Waals surface area contributed by atoms with Crippen molar-refractivity contribution in [2.24, 2.45) is 0 Å². The van der Waals surface area contributed by atoms with Crippen LogP contribution >= 0.6 is 0 Å². The topological polar surface area (TPSA) is 74.6 Å². The van der Waals surface area contributed by atoms with Crippen LogP contribution in [-0.4, -0.2) is 53.6 Å². The summed E-state index contributed by atoms with van der Waals surface area (Å²) in [6.45, 7) is 4.91. The molecule has 1 fully saturated rings. The average molecular weight is 425 g/mol. The molecule has 0 spiro atoms. The average Bonchev–Trinajstić information content (AvgIpc) is 2.67. The van der Waals surface area contributed by atoms with Crippen LogP contribution in [0.2, 0.25) is 0 Å². The molecule has 0 radical (unpaired) electrons. The van der Waals surface area contributed by atoms with Gasteiger partial charge < -0.3 is 19.6 Å². The maximum atomic E-state index is 12.5. The first-order valence-electron chi connectivity index (χ1n) is 9.74. The van der Waals surface area contributed by atoms with Gasteiger partial charge >= 0.3 is 6.36 Å². The lowest BCUT2D eigenvalue weighted by Gasteiger charge is -2.38. The zero-order valence-electron chi connectivity index (χ0n) is 17.4. The molecule has 0 unspecified atom stereocenters. The van der Waals surface area contributed by atoms with Gasteiger partial charge in [-0.05, 0) is 30.5 Å². The molecule has 0 amide bonds. The lowest BCUT2D eigenvalue weighted by atomic mass is 9.84. The lowest BCUT2D eigenvalue weighted by molar-refractivity contribution is -0.274. The Morgan fingerprint density at radius 2 is 1.80 bits per heavy atom. The maximum Gasteiger partial charge on any atom is 0.573 e. The maximum absolute atomic E-state index is 12.5. The van der Waals surface area contributed by atoms with Crippen LogP contribution in [0.25, 0.3) is 0 Å². The first-order valence-corrected chi connectivity index (χ1v) is 9.74. The number of aromatic nitrogens is 3. The van der Waals surface area contributed by atoms with Crippen molar-refractivity contribution in [3.05, 3.63) is 35.7 Å². The minimum Gasteiger partial charge on any atom is -0.406 e. The fourth-order valence-electron chi connectivity index (χ4n) is 3.32.